The average Bonchev–Trinajstić information content (AvgIpc) is 2.72. The van der Waals surface area contributed by atoms with Gasteiger partial charge in [0.15, 0.2) is 5.82 Å². The fraction of sp³-hybridized carbons (Fsp3) is 0.778. The van der Waals surface area contributed by atoms with Crippen LogP contribution in [0.25, 0.3) is 0 Å². The van der Waals surface area contributed by atoms with E-state index in [1.54, 1.807) is 0 Å². The predicted molar refractivity (Wildman–Crippen MR) is 48.1 cm³/mol. The molecule has 4 nitrogen and oxygen atoms in total. The molecule has 72 valence electrons. The van der Waals surface area contributed by atoms with Gasteiger partial charge in [0, 0.05) is 13.0 Å². The van der Waals surface area contributed by atoms with Gasteiger partial charge in [-0.15, -0.1) is 10.2 Å². The zero-order valence-corrected chi connectivity index (χ0v) is 7.90. The highest BCUT2D eigenvalue weighted by atomic mass is 16.3. The van der Waals surface area contributed by atoms with E-state index in [1.165, 1.54) is 25.7 Å². The van der Waals surface area contributed by atoms with E-state index in [9.17, 15) is 0 Å². The van der Waals surface area contributed by atoms with Crippen LogP contribution in [-0.2, 0) is 13.7 Å². The molecule has 1 aliphatic rings. The van der Waals surface area contributed by atoms with Crippen LogP contribution in [0.2, 0.25) is 0 Å². The summed E-state index contributed by atoms with van der Waals surface area (Å²) in [6.07, 6.45) is 5.03. The van der Waals surface area contributed by atoms with Gasteiger partial charge in [-0.25, -0.2) is 0 Å². The van der Waals surface area contributed by atoms with E-state index < -0.39 is 0 Å². The number of hydrogen-bond donors (Lipinski definition) is 1. The van der Waals surface area contributed by atoms with Crippen LogP contribution in [-0.4, -0.2) is 19.9 Å². The molecule has 1 N–H and O–H groups in total. The number of nitrogens with zero attached hydrogens (tertiary/aromatic N) is 3. The Bertz CT molecular complexity index is 289. The molecule has 0 unspecified atom stereocenters. The minimum atomic E-state index is -0.0176. The van der Waals surface area contributed by atoms with E-state index in [-0.39, 0.29) is 6.61 Å². The van der Waals surface area contributed by atoms with Gasteiger partial charge in [0.05, 0.1) is 0 Å². The van der Waals surface area contributed by atoms with Gasteiger partial charge >= 0.3 is 0 Å². The van der Waals surface area contributed by atoms with Crippen molar-refractivity contribution in [3.63, 3.8) is 0 Å². The van der Waals surface area contributed by atoms with E-state index >= 15 is 0 Å². The predicted octanol–water partition coefficient (Wildman–Crippen LogP) is 0.965. The van der Waals surface area contributed by atoms with Crippen molar-refractivity contribution >= 4 is 0 Å². The average molecular weight is 181 g/mol. The van der Waals surface area contributed by atoms with Crippen LogP contribution in [0.1, 0.15) is 43.3 Å². The van der Waals surface area contributed by atoms with Crippen molar-refractivity contribution in [3.05, 3.63) is 11.6 Å². The van der Waals surface area contributed by atoms with Crippen molar-refractivity contribution in [1.29, 1.82) is 0 Å². The van der Waals surface area contributed by atoms with Gasteiger partial charge in [-0.2, -0.15) is 0 Å². The van der Waals surface area contributed by atoms with Crippen LogP contribution < -0.4 is 0 Å². The molecule has 0 radical (unpaired) electrons. The van der Waals surface area contributed by atoms with E-state index in [0.717, 1.165) is 5.82 Å². The third-order valence-corrected chi connectivity index (χ3v) is 2.86. The molecule has 0 amide bonds. The van der Waals surface area contributed by atoms with Crippen LogP contribution >= 0.6 is 0 Å². The molecule has 0 atom stereocenters. The molecule has 0 spiro atoms. The Hall–Kier alpha value is -0.900. The topological polar surface area (TPSA) is 50.9 Å². The first-order valence-electron chi connectivity index (χ1n) is 4.82. The molecule has 1 aromatic heterocycles. The van der Waals surface area contributed by atoms with Gasteiger partial charge < -0.3 is 9.67 Å². The molecule has 0 aliphatic heterocycles. The van der Waals surface area contributed by atoms with Crippen molar-refractivity contribution in [2.45, 2.75) is 38.2 Å². The summed E-state index contributed by atoms with van der Waals surface area (Å²) < 4.78 is 1.93. The summed E-state index contributed by atoms with van der Waals surface area (Å²) in [5.74, 6) is 2.28. The maximum atomic E-state index is 8.95. The normalized spacial score (nSPS) is 18.3. The summed E-state index contributed by atoms with van der Waals surface area (Å²) in [6.45, 7) is -0.0176. The lowest BCUT2D eigenvalue weighted by atomic mass is 10.1. The molecule has 4 heteroatoms. The SMILES string of the molecule is Cn1c(CO)nnc1C1CCCC1. The van der Waals surface area contributed by atoms with Crippen LogP contribution in [0.15, 0.2) is 0 Å². The second-order valence-electron chi connectivity index (χ2n) is 3.67. The van der Waals surface area contributed by atoms with E-state index in [2.05, 4.69) is 10.2 Å². The first-order valence-corrected chi connectivity index (χ1v) is 4.82. The van der Waals surface area contributed by atoms with E-state index in [4.69, 9.17) is 5.11 Å². The van der Waals surface area contributed by atoms with Crippen molar-refractivity contribution in [2.75, 3.05) is 0 Å². The fourth-order valence-electron chi connectivity index (χ4n) is 2.05. The smallest absolute Gasteiger partial charge is 0.158 e. The maximum Gasteiger partial charge on any atom is 0.158 e. The first-order chi connectivity index (χ1) is 6.33. The second-order valence-corrected chi connectivity index (χ2v) is 3.67. The number of rotatable bonds is 2. The van der Waals surface area contributed by atoms with Gasteiger partial charge in [0.1, 0.15) is 12.4 Å². The minimum Gasteiger partial charge on any atom is -0.388 e. The molecule has 1 saturated carbocycles. The standard InChI is InChI=1S/C9H15N3O/c1-12-8(6-13)10-11-9(12)7-4-2-3-5-7/h7,13H,2-6H2,1H3. The summed E-state index contributed by atoms with van der Waals surface area (Å²) in [4.78, 5) is 0. The second kappa shape index (κ2) is 3.46. The summed E-state index contributed by atoms with van der Waals surface area (Å²) in [5.41, 5.74) is 0. The van der Waals surface area contributed by atoms with Gasteiger partial charge in [0.2, 0.25) is 0 Å². The highest BCUT2D eigenvalue weighted by Crippen LogP contribution is 2.32. The highest BCUT2D eigenvalue weighted by Gasteiger charge is 2.22. The lowest BCUT2D eigenvalue weighted by Crippen LogP contribution is -2.05. The van der Waals surface area contributed by atoms with Gasteiger partial charge in [-0.1, -0.05) is 12.8 Å². The molecule has 1 aromatic rings. The summed E-state index contributed by atoms with van der Waals surface area (Å²) in [7, 11) is 1.93. The zero-order valence-electron chi connectivity index (χ0n) is 7.90. The molecule has 1 fully saturated rings. The Kier molecular flexibility index (Phi) is 2.31. The lowest BCUT2D eigenvalue weighted by Gasteiger charge is -2.07. The van der Waals surface area contributed by atoms with E-state index in [1.807, 2.05) is 11.6 Å². The summed E-state index contributed by atoms with van der Waals surface area (Å²) in [6, 6.07) is 0. The Morgan fingerprint density at radius 1 is 1.38 bits per heavy atom. The Labute approximate surface area is 77.6 Å². The molecular weight excluding hydrogens is 166 g/mol. The Morgan fingerprint density at radius 2 is 2.08 bits per heavy atom. The third kappa shape index (κ3) is 1.46. The summed E-state index contributed by atoms with van der Waals surface area (Å²) >= 11 is 0. The lowest BCUT2D eigenvalue weighted by molar-refractivity contribution is 0.266. The molecular formula is C9H15N3O. The van der Waals surface area contributed by atoms with Gasteiger partial charge in [0.25, 0.3) is 0 Å². The minimum absolute atomic E-state index is 0.0176. The number of aliphatic hydroxyl groups excluding tert-OH is 1. The molecule has 1 aliphatic carbocycles. The van der Waals surface area contributed by atoms with Crippen LogP contribution in [0.4, 0.5) is 0 Å². The van der Waals surface area contributed by atoms with Crippen LogP contribution in [0.3, 0.4) is 0 Å². The number of aliphatic hydroxyl groups is 1. The maximum absolute atomic E-state index is 8.95. The Morgan fingerprint density at radius 3 is 2.62 bits per heavy atom. The van der Waals surface area contributed by atoms with Crippen molar-refractivity contribution in [3.8, 4) is 0 Å². The summed E-state index contributed by atoms with van der Waals surface area (Å²) in [5, 5.41) is 17.0. The molecule has 1 heterocycles. The van der Waals surface area contributed by atoms with Gasteiger partial charge in [-0.05, 0) is 12.8 Å². The first kappa shape index (κ1) is 8.69. The fourth-order valence-corrected chi connectivity index (χ4v) is 2.05. The quantitative estimate of drug-likeness (QED) is 0.739. The van der Waals surface area contributed by atoms with Crippen LogP contribution in [0, 0.1) is 0 Å². The molecule has 0 aromatic carbocycles. The van der Waals surface area contributed by atoms with Crippen molar-refractivity contribution < 1.29 is 5.11 Å². The number of aromatic nitrogens is 3. The Balaban J connectivity index is 2.24. The monoisotopic (exact) mass is 181 g/mol. The number of hydrogen-bond acceptors (Lipinski definition) is 3. The van der Waals surface area contributed by atoms with Crippen molar-refractivity contribution in [1.82, 2.24) is 14.8 Å². The van der Waals surface area contributed by atoms with E-state index in [0.29, 0.717) is 11.7 Å². The largest absolute Gasteiger partial charge is 0.388 e. The van der Waals surface area contributed by atoms with Crippen LogP contribution in [0.5, 0.6) is 0 Å². The third-order valence-electron chi connectivity index (χ3n) is 2.86. The molecule has 0 bridgehead atoms. The molecule has 13 heavy (non-hydrogen) atoms. The molecule has 0 saturated heterocycles. The van der Waals surface area contributed by atoms with Crippen molar-refractivity contribution in [2.24, 2.45) is 7.05 Å². The van der Waals surface area contributed by atoms with Gasteiger partial charge in [-0.3, -0.25) is 0 Å². The zero-order chi connectivity index (χ0) is 9.26. The molecule has 2 rings (SSSR count). The highest BCUT2D eigenvalue weighted by molar-refractivity contribution is 5.02.